The first kappa shape index (κ1) is 13.7. The second-order valence-corrected chi connectivity index (χ2v) is 4.18. The summed E-state index contributed by atoms with van der Waals surface area (Å²) in [7, 11) is 1.10. The molecule has 5 nitrogen and oxygen atoms in total. The smallest absolute Gasteiger partial charge is 0.381 e. The lowest BCUT2D eigenvalue weighted by Crippen LogP contribution is -2.32. The van der Waals surface area contributed by atoms with Crippen molar-refractivity contribution in [1.29, 1.82) is 0 Å². The zero-order valence-electron chi connectivity index (χ0n) is 8.85. The zero-order valence-corrected chi connectivity index (χ0v) is 10.4. The Bertz CT molecular complexity index is 430. The topological polar surface area (TPSA) is 69.4 Å². The summed E-state index contributed by atoms with van der Waals surface area (Å²) in [6, 6.07) is 3.10. The molecule has 0 amide bonds. The number of carbonyl (C=O) groups is 1. The van der Waals surface area contributed by atoms with E-state index in [-0.39, 0.29) is 6.42 Å². The second-order valence-electron chi connectivity index (χ2n) is 3.31. The Balaban J connectivity index is 2.93. The van der Waals surface area contributed by atoms with E-state index in [4.69, 9.17) is 23.2 Å². The molecule has 0 saturated carbocycles. The van der Waals surface area contributed by atoms with Crippen LogP contribution in [0.3, 0.4) is 0 Å². The van der Waals surface area contributed by atoms with Crippen LogP contribution in [0.1, 0.15) is 5.56 Å². The minimum absolute atomic E-state index is 0.111. The number of carbonyl (C=O) groups excluding carboxylic acids is 1. The number of halogens is 2. The Labute approximate surface area is 107 Å². The Morgan fingerprint density at radius 1 is 1.41 bits per heavy atom. The molecular weight excluding hydrogens is 269 g/mol. The minimum Gasteiger partial charge on any atom is -0.464 e. The summed E-state index contributed by atoms with van der Waals surface area (Å²) < 4.78 is 4.36. The van der Waals surface area contributed by atoms with Crippen LogP contribution in [-0.4, -0.2) is 24.0 Å². The van der Waals surface area contributed by atoms with Gasteiger partial charge in [-0.1, -0.05) is 23.2 Å². The van der Waals surface area contributed by atoms with Gasteiger partial charge in [-0.05, 0) is 23.8 Å². The predicted molar refractivity (Wildman–Crippen MR) is 63.0 cm³/mol. The van der Waals surface area contributed by atoms with Crippen LogP contribution in [0.4, 0.5) is 0 Å². The summed E-state index contributed by atoms with van der Waals surface area (Å²) in [5.74, 6) is -0.897. The van der Waals surface area contributed by atoms with Gasteiger partial charge in [-0.25, -0.2) is 4.79 Å². The van der Waals surface area contributed by atoms with Crippen molar-refractivity contribution in [2.75, 3.05) is 7.11 Å². The first-order chi connectivity index (χ1) is 7.93. The molecule has 17 heavy (non-hydrogen) atoms. The Kier molecular flexibility index (Phi) is 4.72. The molecule has 0 saturated heterocycles. The number of nitrogens with zero attached hydrogens (tertiary/aromatic N) is 1. The molecule has 92 valence electrons. The van der Waals surface area contributed by atoms with E-state index in [0.717, 1.165) is 7.11 Å². The van der Waals surface area contributed by atoms with E-state index in [0.29, 0.717) is 15.6 Å². The van der Waals surface area contributed by atoms with Crippen LogP contribution < -0.4 is 0 Å². The number of methoxy groups -OCH3 is 1. The van der Waals surface area contributed by atoms with Gasteiger partial charge < -0.3 is 4.74 Å². The van der Waals surface area contributed by atoms with Gasteiger partial charge in [0.2, 0.25) is 0 Å². The number of benzene rings is 1. The molecule has 0 N–H and O–H groups in total. The van der Waals surface area contributed by atoms with Crippen LogP contribution in [0, 0.1) is 10.1 Å². The molecule has 7 heteroatoms. The standard InChI is InChI=1S/C10H9Cl2NO4/c1-17-10(14)9(13(15)16)4-6-2-7(11)5-8(12)3-6/h2-3,5,9H,4H2,1H3. The normalized spacial score (nSPS) is 11.9. The number of hydrogen-bond acceptors (Lipinski definition) is 4. The van der Waals surface area contributed by atoms with Crippen molar-refractivity contribution in [2.45, 2.75) is 12.5 Å². The van der Waals surface area contributed by atoms with E-state index in [1.54, 1.807) is 0 Å². The molecule has 0 heterocycles. The summed E-state index contributed by atoms with van der Waals surface area (Å²) in [6.45, 7) is 0. The van der Waals surface area contributed by atoms with E-state index < -0.39 is 16.9 Å². The minimum atomic E-state index is -1.45. The van der Waals surface area contributed by atoms with Gasteiger partial charge in [-0.15, -0.1) is 0 Å². The zero-order chi connectivity index (χ0) is 13.0. The molecule has 1 rings (SSSR count). The highest BCUT2D eigenvalue weighted by Gasteiger charge is 2.31. The van der Waals surface area contributed by atoms with Crippen LogP contribution in [-0.2, 0) is 16.0 Å². The van der Waals surface area contributed by atoms with Gasteiger partial charge in [0.1, 0.15) is 0 Å². The van der Waals surface area contributed by atoms with E-state index in [1.807, 2.05) is 0 Å². The average Bonchev–Trinajstić information content (AvgIpc) is 2.23. The molecule has 1 unspecified atom stereocenters. The van der Waals surface area contributed by atoms with Crippen molar-refractivity contribution in [3.63, 3.8) is 0 Å². The summed E-state index contributed by atoms with van der Waals surface area (Å²) in [5, 5.41) is 11.4. The highest BCUT2D eigenvalue weighted by molar-refractivity contribution is 6.34. The third-order valence-electron chi connectivity index (χ3n) is 2.08. The third kappa shape index (κ3) is 3.87. The van der Waals surface area contributed by atoms with Gasteiger partial charge in [0.05, 0.1) is 13.5 Å². The Hall–Kier alpha value is -1.33. The number of esters is 1. The molecule has 0 aliphatic heterocycles. The first-order valence-electron chi connectivity index (χ1n) is 4.60. The fourth-order valence-electron chi connectivity index (χ4n) is 1.33. The molecule has 0 aliphatic carbocycles. The lowest BCUT2D eigenvalue weighted by atomic mass is 10.1. The van der Waals surface area contributed by atoms with Crippen molar-refractivity contribution < 1.29 is 14.5 Å². The van der Waals surface area contributed by atoms with Crippen molar-refractivity contribution in [1.82, 2.24) is 0 Å². The van der Waals surface area contributed by atoms with Gasteiger partial charge in [-0.2, -0.15) is 0 Å². The van der Waals surface area contributed by atoms with Crippen molar-refractivity contribution in [3.8, 4) is 0 Å². The molecule has 1 aromatic rings. The lowest BCUT2D eigenvalue weighted by molar-refractivity contribution is -0.509. The van der Waals surface area contributed by atoms with E-state index in [9.17, 15) is 14.9 Å². The summed E-state index contributed by atoms with van der Waals surface area (Å²) in [5.41, 5.74) is 0.509. The molecule has 0 fully saturated rings. The van der Waals surface area contributed by atoms with Gasteiger partial charge in [0, 0.05) is 15.0 Å². The number of hydrogen-bond donors (Lipinski definition) is 0. The van der Waals surface area contributed by atoms with E-state index >= 15 is 0 Å². The highest BCUT2D eigenvalue weighted by atomic mass is 35.5. The van der Waals surface area contributed by atoms with Crippen molar-refractivity contribution in [3.05, 3.63) is 43.9 Å². The van der Waals surface area contributed by atoms with Gasteiger partial charge >= 0.3 is 12.0 Å². The number of ether oxygens (including phenoxy) is 1. The maximum Gasteiger partial charge on any atom is 0.381 e. The molecule has 0 radical (unpaired) electrons. The molecule has 1 aromatic carbocycles. The largest absolute Gasteiger partial charge is 0.464 e. The number of nitro groups is 1. The second kappa shape index (κ2) is 5.84. The Morgan fingerprint density at radius 2 is 1.94 bits per heavy atom. The molecular formula is C10H9Cl2NO4. The van der Waals surface area contributed by atoms with Crippen molar-refractivity contribution in [2.24, 2.45) is 0 Å². The maximum atomic E-state index is 11.2. The fourth-order valence-corrected chi connectivity index (χ4v) is 1.90. The van der Waals surface area contributed by atoms with Gasteiger partial charge in [0.25, 0.3) is 0 Å². The lowest BCUT2D eigenvalue weighted by Gasteiger charge is -2.08. The van der Waals surface area contributed by atoms with Crippen LogP contribution in [0.15, 0.2) is 18.2 Å². The molecule has 0 bridgehead atoms. The monoisotopic (exact) mass is 277 g/mol. The summed E-state index contributed by atoms with van der Waals surface area (Å²) >= 11 is 11.5. The molecule has 1 atom stereocenters. The van der Waals surface area contributed by atoms with Crippen LogP contribution in [0.5, 0.6) is 0 Å². The highest BCUT2D eigenvalue weighted by Crippen LogP contribution is 2.20. The first-order valence-corrected chi connectivity index (χ1v) is 5.36. The van der Waals surface area contributed by atoms with Gasteiger partial charge in [0.15, 0.2) is 0 Å². The van der Waals surface area contributed by atoms with Crippen molar-refractivity contribution >= 4 is 29.2 Å². The third-order valence-corrected chi connectivity index (χ3v) is 2.52. The van der Waals surface area contributed by atoms with Crippen LogP contribution in [0.25, 0.3) is 0 Å². The van der Waals surface area contributed by atoms with E-state index in [2.05, 4.69) is 4.74 Å². The predicted octanol–water partition coefficient (Wildman–Crippen LogP) is 2.35. The molecule has 0 spiro atoms. The van der Waals surface area contributed by atoms with E-state index in [1.165, 1.54) is 18.2 Å². The summed E-state index contributed by atoms with van der Waals surface area (Å²) in [6.07, 6.45) is -0.111. The molecule has 0 aromatic heterocycles. The average molecular weight is 278 g/mol. The maximum absolute atomic E-state index is 11.2. The summed E-state index contributed by atoms with van der Waals surface area (Å²) in [4.78, 5) is 21.2. The fraction of sp³-hybridized carbons (Fsp3) is 0.300. The SMILES string of the molecule is COC(=O)C(Cc1cc(Cl)cc(Cl)c1)[N+](=O)[O-]. The molecule has 0 aliphatic rings. The van der Waals surface area contributed by atoms with Gasteiger partial charge in [-0.3, -0.25) is 10.1 Å². The number of rotatable bonds is 4. The van der Waals surface area contributed by atoms with Crippen LogP contribution in [0.2, 0.25) is 10.0 Å². The Morgan fingerprint density at radius 3 is 2.35 bits per heavy atom. The van der Waals surface area contributed by atoms with Crippen LogP contribution >= 0.6 is 23.2 Å². The quantitative estimate of drug-likeness (QED) is 0.481.